The smallest absolute Gasteiger partial charge is 0.224 e. The number of nitrogens with one attached hydrogen (secondary N) is 2. The van der Waals surface area contributed by atoms with Crippen molar-refractivity contribution in [2.45, 2.75) is 13.3 Å². The Balaban J connectivity index is 1.92. The van der Waals surface area contributed by atoms with E-state index in [1.807, 2.05) is 31.2 Å². The highest BCUT2D eigenvalue weighted by atomic mass is 16.5. The molecule has 0 aliphatic rings. The van der Waals surface area contributed by atoms with Crippen molar-refractivity contribution in [3.63, 3.8) is 0 Å². The van der Waals surface area contributed by atoms with Crippen molar-refractivity contribution < 1.29 is 14.2 Å². The molecule has 1 aromatic carbocycles. The van der Waals surface area contributed by atoms with Crippen LogP contribution in [0.5, 0.6) is 11.5 Å². The number of hydrogen-bond acceptors (Lipinski definition) is 7. The number of anilines is 2. The van der Waals surface area contributed by atoms with E-state index in [9.17, 15) is 0 Å². The molecule has 7 heteroatoms. The molecule has 7 nitrogen and oxygen atoms in total. The van der Waals surface area contributed by atoms with Crippen LogP contribution in [0.25, 0.3) is 0 Å². The van der Waals surface area contributed by atoms with Gasteiger partial charge in [-0.2, -0.15) is 4.98 Å². The topological polar surface area (TPSA) is 77.5 Å². The van der Waals surface area contributed by atoms with Crippen LogP contribution in [0, 0.1) is 6.92 Å². The maximum Gasteiger partial charge on any atom is 0.224 e. The summed E-state index contributed by atoms with van der Waals surface area (Å²) < 4.78 is 15.6. The number of benzene rings is 1. The molecule has 25 heavy (non-hydrogen) atoms. The highest BCUT2D eigenvalue weighted by molar-refractivity contribution is 5.44. The third-order valence-corrected chi connectivity index (χ3v) is 3.61. The zero-order valence-corrected chi connectivity index (χ0v) is 15.3. The van der Waals surface area contributed by atoms with Crippen LogP contribution in [-0.2, 0) is 11.2 Å². The fraction of sp³-hybridized carbons (Fsp3) is 0.444. The minimum atomic E-state index is 0.602. The molecular formula is C18H26N4O3. The van der Waals surface area contributed by atoms with Gasteiger partial charge in [0.1, 0.15) is 5.82 Å². The fourth-order valence-electron chi connectivity index (χ4n) is 2.37. The highest BCUT2D eigenvalue weighted by Gasteiger charge is 2.05. The normalized spacial score (nSPS) is 10.4. The Morgan fingerprint density at radius 1 is 0.920 bits per heavy atom. The molecule has 0 saturated heterocycles. The standard InChI is InChI=1S/C18H26N4O3/c1-13-11-17(22-18(21-13)20-9-10-23-2)19-8-7-14-5-6-15(24-3)16(12-14)25-4/h5-6,11-12H,7-10H2,1-4H3,(H2,19,20,21,22). The lowest BCUT2D eigenvalue weighted by molar-refractivity contribution is 0.210. The molecule has 136 valence electrons. The van der Waals surface area contributed by atoms with Crippen LogP contribution in [0.2, 0.25) is 0 Å². The van der Waals surface area contributed by atoms with Gasteiger partial charge in [-0.3, -0.25) is 0 Å². The average molecular weight is 346 g/mol. The first-order valence-corrected chi connectivity index (χ1v) is 8.19. The number of nitrogens with zero attached hydrogens (tertiary/aromatic N) is 2. The molecule has 1 aromatic heterocycles. The predicted molar refractivity (Wildman–Crippen MR) is 98.9 cm³/mol. The first kappa shape index (κ1) is 18.8. The lowest BCUT2D eigenvalue weighted by Gasteiger charge is -2.11. The minimum absolute atomic E-state index is 0.602. The van der Waals surface area contributed by atoms with Crippen LogP contribution in [0.3, 0.4) is 0 Å². The van der Waals surface area contributed by atoms with Gasteiger partial charge in [0.2, 0.25) is 5.95 Å². The summed E-state index contributed by atoms with van der Waals surface area (Å²) in [7, 11) is 4.94. The van der Waals surface area contributed by atoms with Crippen LogP contribution in [0.4, 0.5) is 11.8 Å². The second-order valence-electron chi connectivity index (χ2n) is 5.50. The summed E-state index contributed by atoms with van der Waals surface area (Å²) in [6, 6.07) is 7.87. The van der Waals surface area contributed by atoms with Crippen molar-refractivity contribution in [1.82, 2.24) is 9.97 Å². The van der Waals surface area contributed by atoms with Crippen molar-refractivity contribution in [2.24, 2.45) is 0 Å². The number of aryl methyl sites for hydroxylation is 1. The molecule has 0 amide bonds. The first-order valence-electron chi connectivity index (χ1n) is 8.19. The van der Waals surface area contributed by atoms with Crippen LogP contribution < -0.4 is 20.1 Å². The van der Waals surface area contributed by atoms with Gasteiger partial charge in [0, 0.05) is 32.0 Å². The first-order chi connectivity index (χ1) is 12.2. The molecule has 0 fully saturated rings. The summed E-state index contributed by atoms with van der Waals surface area (Å²) in [4.78, 5) is 8.83. The van der Waals surface area contributed by atoms with E-state index in [2.05, 4.69) is 20.6 Å². The van der Waals surface area contributed by atoms with Gasteiger partial charge in [-0.1, -0.05) is 6.07 Å². The Hall–Kier alpha value is -2.54. The van der Waals surface area contributed by atoms with Crippen LogP contribution in [0.1, 0.15) is 11.3 Å². The third-order valence-electron chi connectivity index (χ3n) is 3.61. The number of rotatable bonds is 10. The molecular weight excluding hydrogens is 320 g/mol. The van der Waals surface area contributed by atoms with Gasteiger partial charge in [0.05, 0.1) is 20.8 Å². The van der Waals surface area contributed by atoms with Crippen molar-refractivity contribution in [1.29, 1.82) is 0 Å². The van der Waals surface area contributed by atoms with E-state index in [0.29, 0.717) is 19.1 Å². The second kappa shape index (κ2) is 9.68. The van der Waals surface area contributed by atoms with Crippen LogP contribution >= 0.6 is 0 Å². The number of aromatic nitrogens is 2. The third kappa shape index (κ3) is 5.79. The Morgan fingerprint density at radius 3 is 2.44 bits per heavy atom. The maximum atomic E-state index is 5.34. The lowest BCUT2D eigenvalue weighted by atomic mass is 10.1. The molecule has 0 saturated carbocycles. The Bertz CT molecular complexity index is 679. The van der Waals surface area contributed by atoms with E-state index in [1.54, 1.807) is 21.3 Å². The lowest BCUT2D eigenvalue weighted by Crippen LogP contribution is -2.13. The molecule has 2 N–H and O–H groups in total. The van der Waals surface area contributed by atoms with E-state index in [-0.39, 0.29) is 0 Å². The van der Waals surface area contributed by atoms with E-state index in [1.165, 1.54) is 0 Å². The fourth-order valence-corrected chi connectivity index (χ4v) is 2.37. The summed E-state index contributed by atoms with van der Waals surface area (Å²) in [5.74, 6) is 2.87. The van der Waals surface area contributed by atoms with E-state index >= 15 is 0 Å². The van der Waals surface area contributed by atoms with E-state index < -0.39 is 0 Å². The quantitative estimate of drug-likeness (QED) is 0.640. The second-order valence-corrected chi connectivity index (χ2v) is 5.50. The molecule has 2 aromatic rings. The molecule has 0 radical (unpaired) electrons. The van der Waals surface area contributed by atoms with Crippen molar-refractivity contribution >= 4 is 11.8 Å². The molecule has 1 heterocycles. The number of hydrogen-bond donors (Lipinski definition) is 2. The maximum absolute atomic E-state index is 5.34. The van der Waals surface area contributed by atoms with Crippen LogP contribution in [-0.4, -0.2) is 51.0 Å². The Labute approximate surface area is 148 Å². The van der Waals surface area contributed by atoms with Crippen molar-refractivity contribution in [3.05, 3.63) is 35.5 Å². The Kier molecular flexibility index (Phi) is 7.28. The molecule has 0 aliphatic heterocycles. The molecule has 0 bridgehead atoms. The summed E-state index contributed by atoms with van der Waals surface area (Å²) in [6.07, 6.45) is 0.843. The summed E-state index contributed by atoms with van der Waals surface area (Å²) in [5.41, 5.74) is 2.07. The van der Waals surface area contributed by atoms with E-state index in [0.717, 1.165) is 41.5 Å². The minimum Gasteiger partial charge on any atom is -0.493 e. The van der Waals surface area contributed by atoms with Gasteiger partial charge in [-0.05, 0) is 31.0 Å². The zero-order chi connectivity index (χ0) is 18.1. The highest BCUT2D eigenvalue weighted by Crippen LogP contribution is 2.27. The molecule has 0 spiro atoms. The van der Waals surface area contributed by atoms with Gasteiger partial charge in [0.25, 0.3) is 0 Å². The molecule has 0 aliphatic carbocycles. The average Bonchev–Trinajstić information content (AvgIpc) is 2.61. The monoisotopic (exact) mass is 346 g/mol. The van der Waals surface area contributed by atoms with Crippen LogP contribution in [0.15, 0.2) is 24.3 Å². The molecule has 0 atom stereocenters. The van der Waals surface area contributed by atoms with Gasteiger partial charge in [-0.25, -0.2) is 4.98 Å². The van der Waals surface area contributed by atoms with Gasteiger partial charge < -0.3 is 24.8 Å². The molecule has 2 rings (SSSR count). The van der Waals surface area contributed by atoms with Gasteiger partial charge in [0.15, 0.2) is 11.5 Å². The number of methoxy groups -OCH3 is 3. The SMILES string of the molecule is COCCNc1nc(C)cc(NCCc2ccc(OC)c(OC)c2)n1. The van der Waals surface area contributed by atoms with E-state index in [4.69, 9.17) is 14.2 Å². The van der Waals surface area contributed by atoms with Gasteiger partial charge >= 0.3 is 0 Å². The summed E-state index contributed by atoms with van der Waals surface area (Å²) in [5, 5.41) is 6.48. The predicted octanol–water partition coefficient (Wildman–Crippen LogP) is 2.52. The largest absolute Gasteiger partial charge is 0.493 e. The Morgan fingerprint density at radius 2 is 1.72 bits per heavy atom. The summed E-state index contributed by atoms with van der Waals surface area (Å²) >= 11 is 0. The molecule has 0 unspecified atom stereocenters. The zero-order valence-electron chi connectivity index (χ0n) is 15.3. The van der Waals surface area contributed by atoms with Gasteiger partial charge in [-0.15, -0.1) is 0 Å². The van der Waals surface area contributed by atoms with Crippen molar-refractivity contribution in [2.75, 3.05) is 51.7 Å². The number of ether oxygens (including phenoxy) is 3. The summed E-state index contributed by atoms with van der Waals surface area (Å²) in [6.45, 7) is 3.98. The van der Waals surface area contributed by atoms with Crippen molar-refractivity contribution in [3.8, 4) is 11.5 Å².